The van der Waals surface area contributed by atoms with Crippen molar-refractivity contribution in [2.75, 3.05) is 30.5 Å². The quantitative estimate of drug-likeness (QED) is 0.0797. The van der Waals surface area contributed by atoms with Crippen molar-refractivity contribution < 1.29 is 23.9 Å². The summed E-state index contributed by atoms with van der Waals surface area (Å²) in [6, 6.07) is 42.0. The number of nitrogens with one attached hydrogen (secondary N) is 1. The van der Waals surface area contributed by atoms with Gasteiger partial charge in [0.05, 0.1) is 13.7 Å². The van der Waals surface area contributed by atoms with E-state index in [-0.39, 0.29) is 18.3 Å². The first-order valence-corrected chi connectivity index (χ1v) is 15.4. The van der Waals surface area contributed by atoms with Crippen LogP contribution >= 0.6 is 0 Å². The zero-order chi connectivity index (χ0) is 32.8. The van der Waals surface area contributed by atoms with Crippen molar-refractivity contribution in [1.29, 1.82) is 0 Å². The highest BCUT2D eigenvalue weighted by Gasteiger charge is 2.23. The molecule has 0 aliphatic heterocycles. The summed E-state index contributed by atoms with van der Waals surface area (Å²) < 4.78 is 11.1. The molecule has 0 radical (unpaired) electrons. The summed E-state index contributed by atoms with van der Waals surface area (Å²) in [4.78, 5) is 40.9. The Balaban J connectivity index is 1.22. The number of para-hydroxylation sites is 2. The minimum absolute atomic E-state index is 0.140. The molecule has 1 N–H and O–H groups in total. The van der Waals surface area contributed by atoms with Crippen LogP contribution in [0.2, 0.25) is 0 Å². The third-order valence-electron chi connectivity index (χ3n) is 7.52. The average molecular weight is 625 g/mol. The van der Waals surface area contributed by atoms with Crippen molar-refractivity contribution in [3.63, 3.8) is 0 Å². The second kappa shape index (κ2) is 16.4. The Labute approximate surface area is 275 Å². The number of rotatable bonds is 14. The lowest BCUT2D eigenvalue weighted by atomic mass is 10.00. The number of carbonyl (C=O) groups is 3. The molecular formula is C40H36N2O5. The molecule has 0 bridgehead atoms. The molecule has 0 aliphatic carbocycles. The van der Waals surface area contributed by atoms with Crippen LogP contribution in [0, 0.1) is 0 Å². The molecule has 1 unspecified atom stereocenters. The van der Waals surface area contributed by atoms with Gasteiger partial charge in [0.1, 0.15) is 18.4 Å². The summed E-state index contributed by atoms with van der Waals surface area (Å²) >= 11 is 0. The standard InChI is InChI=1S/C40H36N2O5/c1-46-40(45)37(41-36-20-12-11-19-35(36)39(44)32-15-7-3-8-16-32)29-31-21-24-34(25-22-31)47-28-27-42(33-17-9-4-10-18-33)38(43)26-23-30-13-5-2-6-14-30/h2-26,37,41H,27-29H2,1H3. The lowest BCUT2D eigenvalue weighted by Gasteiger charge is -2.22. The van der Waals surface area contributed by atoms with E-state index in [1.807, 2.05) is 109 Å². The molecule has 0 aromatic heterocycles. The molecule has 7 nitrogen and oxygen atoms in total. The summed E-state index contributed by atoms with van der Waals surface area (Å²) in [5.41, 5.74) is 4.18. The van der Waals surface area contributed by atoms with E-state index in [0.717, 1.165) is 16.8 Å². The first-order valence-electron chi connectivity index (χ1n) is 15.4. The maximum atomic E-state index is 13.2. The summed E-state index contributed by atoms with van der Waals surface area (Å²) in [7, 11) is 1.34. The largest absolute Gasteiger partial charge is 0.492 e. The van der Waals surface area contributed by atoms with E-state index in [9.17, 15) is 14.4 Å². The Hall–Kier alpha value is -5.95. The fourth-order valence-corrected chi connectivity index (χ4v) is 5.08. The zero-order valence-corrected chi connectivity index (χ0v) is 26.1. The Bertz CT molecular complexity index is 1790. The number of benzene rings is 5. The van der Waals surface area contributed by atoms with Crippen LogP contribution < -0.4 is 15.0 Å². The van der Waals surface area contributed by atoms with E-state index < -0.39 is 12.0 Å². The smallest absolute Gasteiger partial charge is 0.328 e. The lowest BCUT2D eigenvalue weighted by molar-refractivity contribution is -0.141. The molecule has 7 heteroatoms. The number of hydrogen-bond donors (Lipinski definition) is 1. The molecule has 5 aromatic carbocycles. The lowest BCUT2D eigenvalue weighted by Crippen LogP contribution is -2.33. The topological polar surface area (TPSA) is 84.9 Å². The van der Waals surface area contributed by atoms with Gasteiger partial charge >= 0.3 is 5.97 Å². The molecule has 5 rings (SSSR count). The van der Waals surface area contributed by atoms with Crippen LogP contribution in [0.25, 0.3) is 6.08 Å². The molecule has 1 atom stereocenters. The highest BCUT2D eigenvalue weighted by Crippen LogP contribution is 2.22. The average Bonchev–Trinajstić information content (AvgIpc) is 3.13. The summed E-state index contributed by atoms with van der Waals surface area (Å²) in [5, 5.41) is 3.24. The van der Waals surface area contributed by atoms with Gasteiger partial charge in [-0.1, -0.05) is 103 Å². The first kappa shape index (κ1) is 32.4. The number of nitrogens with zero attached hydrogens (tertiary/aromatic N) is 1. The van der Waals surface area contributed by atoms with Crippen LogP contribution in [0.4, 0.5) is 11.4 Å². The van der Waals surface area contributed by atoms with Crippen molar-refractivity contribution in [2.45, 2.75) is 12.5 Å². The molecule has 5 aromatic rings. The van der Waals surface area contributed by atoms with Gasteiger partial charge in [-0.2, -0.15) is 0 Å². The summed E-state index contributed by atoms with van der Waals surface area (Å²) in [6.07, 6.45) is 3.69. The molecule has 0 heterocycles. The van der Waals surface area contributed by atoms with Crippen LogP contribution in [0.5, 0.6) is 5.75 Å². The number of ether oxygens (including phenoxy) is 2. The van der Waals surface area contributed by atoms with Gasteiger partial charge in [-0.15, -0.1) is 0 Å². The third kappa shape index (κ3) is 9.05. The number of anilines is 2. The normalized spacial score (nSPS) is 11.4. The first-order chi connectivity index (χ1) is 23.0. The Morgan fingerprint density at radius 1 is 0.745 bits per heavy atom. The number of carbonyl (C=O) groups excluding carboxylic acids is 3. The molecule has 1 amide bonds. The number of amides is 1. The number of hydrogen-bond acceptors (Lipinski definition) is 6. The minimum Gasteiger partial charge on any atom is -0.492 e. The fraction of sp³-hybridized carbons (Fsp3) is 0.125. The van der Waals surface area contributed by atoms with Gasteiger partial charge in [0.15, 0.2) is 5.78 Å². The predicted octanol–water partition coefficient (Wildman–Crippen LogP) is 7.24. The molecule has 0 spiro atoms. The van der Waals surface area contributed by atoms with Gasteiger partial charge in [-0.05, 0) is 53.6 Å². The number of methoxy groups -OCH3 is 1. The zero-order valence-electron chi connectivity index (χ0n) is 26.1. The molecular weight excluding hydrogens is 588 g/mol. The Kier molecular flexibility index (Phi) is 11.3. The van der Waals surface area contributed by atoms with Crippen LogP contribution in [-0.2, 0) is 20.7 Å². The second-order valence-electron chi connectivity index (χ2n) is 10.7. The predicted molar refractivity (Wildman–Crippen MR) is 186 cm³/mol. The van der Waals surface area contributed by atoms with E-state index >= 15 is 0 Å². The summed E-state index contributed by atoms with van der Waals surface area (Å²) in [6.45, 7) is 0.622. The van der Waals surface area contributed by atoms with Gasteiger partial charge in [-0.25, -0.2) is 4.79 Å². The van der Waals surface area contributed by atoms with Crippen molar-refractivity contribution in [1.82, 2.24) is 0 Å². The molecule has 0 fully saturated rings. The van der Waals surface area contributed by atoms with E-state index in [1.54, 1.807) is 47.4 Å². The van der Waals surface area contributed by atoms with Gasteiger partial charge in [0.2, 0.25) is 0 Å². The molecule has 0 aliphatic rings. The summed E-state index contributed by atoms with van der Waals surface area (Å²) in [5.74, 6) is -0.0966. The van der Waals surface area contributed by atoms with Gasteiger partial charge in [-0.3, -0.25) is 9.59 Å². The Morgan fingerprint density at radius 3 is 2.04 bits per heavy atom. The number of ketones is 1. The molecule has 236 valence electrons. The maximum absolute atomic E-state index is 13.2. The van der Waals surface area contributed by atoms with Crippen LogP contribution in [0.1, 0.15) is 27.0 Å². The second-order valence-corrected chi connectivity index (χ2v) is 10.7. The van der Waals surface area contributed by atoms with E-state index in [0.29, 0.717) is 35.5 Å². The van der Waals surface area contributed by atoms with Crippen LogP contribution in [0.15, 0.2) is 146 Å². The fourth-order valence-electron chi connectivity index (χ4n) is 5.08. The monoisotopic (exact) mass is 624 g/mol. The highest BCUT2D eigenvalue weighted by molar-refractivity contribution is 6.12. The van der Waals surface area contributed by atoms with Crippen LogP contribution in [0.3, 0.4) is 0 Å². The highest BCUT2D eigenvalue weighted by atomic mass is 16.5. The maximum Gasteiger partial charge on any atom is 0.328 e. The van der Waals surface area contributed by atoms with E-state index in [1.165, 1.54) is 7.11 Å². The SMILES string of the molecule is COC(=O)C(Cc1ccc(OCCN(C(=O)C=Cc2ccccc2)c2ccccc2)cc1)Nc1ccccc1C(=O)c1ccccc1. The van der Waals surface area contributed by atoms with Crippen molar-refractivity contribution in [3.05, 3.63) is 168 Å². The minimum atomic E-state index is -0.731. The molecule has 47 heavy (non-hydrogen) atoms. The molecule has 0 saturated carbocycles. The van der Waals surface area contributed by atoms with Crippen molar-refractivity contribution >= 4 is 35.1 Å². The van der Waals surface area contributed by atoms with E-state index in [4.69, 9.17) is 9.47 Å². The van der Waals surface area contributed by atoms with Crippen molar-refractivity contribution in [2.24, 2.45) is 0 Å². The van der Waals surface area contributed by atoms with Gasteiger partial charge in [0.25, 0.3) is 5.91 Å². The Morgan fingerprint density at radius 2 is 1.36 bits per heavy atom. The van der Waals surface area contributed by atoms with Gasteiger partial charge in [0, 0.05) is 35.0 Å². The third-order valence-corrected chi connectivity index (χ3v) is 7.52. The van der Waals surface area contributed by atoms with Crippen molar-refractivity contribution in [3.8, 4) is 5.75 Å². The van der Waals surface area contributed by atoms with Gasteiger partial charge < -0.3 is 19.7 Å². The van der Waals surface area contributed by atoms with E-state index in [2.05, 4.69) is 5.32 Å². The molecule has 0 saturated heterocycles. The number of esters is 1. The van der Waals surface area contributed by atoms with Crippen LogP contribution in [-0.4, -0.2) is 44.0 Å².